The highest BCUT2D eigenvalue weighted by Crippen LogP contribution is 2.54. The lowest BCUT2D eigenvalue weighted by atomic mass is 10.1. The Kier molecular flexibility index (Phi) is 3.10. The minimum absolute atomic E-state index is 0.472. The molecule has 1 aliphatic carbocycles. The zero-order valence-corrected chi connectivity index (χ0v) is 15.4. The average Bonchev–Trinajstić information content (AvgIpc) is 3.01. The van der Waals surface area contributed by atoms with Crippen molar-refractivity contribution in [3.8, 4) is 11.4 Å². The van der Waals surface area contributed by atoms with E-state index >= 15 is 0 Å². The maximum absolute atomic E-state index is 4.78. The molecule has 0 aromatic carbocycles. The quantitative estimate of drug-likeness (QED) is 0.571. The van der Waals surface area contributed by atoms with Crippen molar-refractivity contribution in [2.45, 2.75) is 32.1 Å². The summed E-state index contributed by atoms with van der Waals surface area (Å²) in [5.41, 5.74) is 7.35. The molecular formula is C19H21N7. The van der Waals surface area contributed by atoms with Crippen LogP contribution in [0.4, 0.5) is 0 Å². The topological polar surface area (TPSA) is 65.8 Å². The van der Waals surface area contributed by atoms with E-state index < -0.39 is 0 Å². The van der Waals surface area contributed by atoms with Gasteiger partial charge in [-0.05, 0) is 49.9 Å². The summed E-state index contributed by atoms with van der Waals surface area (Å²) in [5.74, 6) is 1.00. The first-order chi connectivity index (χ1) is 12.5. The van der Waals surface area contributed by atoms with Crippen molar-refractivity contribution in [1.82, 2.24) is 34.2 Å². The lowest BCUT2D eigenvalue weighted by Gasteiger charge is -2.02. The Hall–Kier alpha value is -2.96. The first-order valence-electron chi connectivity index (χ1n) is 8.87. The maximum Gasteiger partial charge on any atom is 0.154 e. The summed E-state index contributed by atoms with van der Waals surface area (Å²) in [6, 6.07) is 6.21. The predicted molar refractivity (Wildman–Crippen MR) is 98.0 cm³/mol. The summed E-state index contributed by atoms with van der Waals surface area (Å²) in [5, 5.41) is 13.8. The van der Waals surface area contributed by atoms with Crippen molar-refractivity contribution in [3.63, 3.8) is 0 Å². The van der Waals surface area contributed by atoms with Crippen LogP contribution in [-0.2, 0) is 14.1 Å². The molecule has 0 amide bonds. The van der Waals surface area contributed by atoms with Gasteiger partial charge < -0.3 is 0 Å². The Morgan fingerprint density at radius 3 is 2.69 bits per heavy atom. The molecule has 1 saturated carbocycles. The normalized spacial score (nSPS) is 19.4. The Morgan fingerprint density at radius 1 is 1.08 bits per heavy atom. The van der Waals surface area contributed by atoms with Crippen molar-refractivity contribution in [2.24, 2.45) is 14.1 Å². The number of hydrogen-bond donors (Lipinski definition) is 0. The molecule has 0 aliphatic heterocycles. The van der Waals surface area contributed by atoms with Gasteiger partial charge in [0.1, 0.15) is 5.69 Å². The molecule has 0 saturated heterocycles. The lowest BCUT2D eigenvalue weighted by molar-refractivity contribution is 0.741. The summed E-state index contributed by atoms with van der Waals surface area (Å²) in [6.07, 6.45) is 5.21. The number of hydrogen-bond acceptors (Lipinski definition) is 4. The van der Waals surface area contributed by atoms with Gasteiger partial charge in [-0.1, -0.05) is 0 Å². The molecule has 4 aromatic heterocycles. The molecule has 0 N–H and O–H groups in total. The molecule has 0 spiro atoms. The molecule has 1 fully saturated rings. The highest BCUT2D eigenvalue weighted by atomic mass is 15.3. The van der Waals surface area contributed by atoms with Crippen LogP contribution in [0.1, 0.15) is 40.9 Å². The number of fused-ring (bicyclic) bond motifs is 1. The van der Waals surface area contributed by atoms with Gasteiger partial charge in [0.05, 0.1) is 29.0 Å². The number of nitrogens with zero attached hydrogens (tertiary/aromatic N) is 7. The molecule has 1 aliphatic rings. The summed E-state index contributed by atoms with van der Waals surface area (Å²) < 4.78 is 5.71. The molecule has 2 atom stereocenters. The Balaban J connectivity index is 1.49. The Labute approximate surface area is 151 Å². The van der Waals surface area contributed by atoms with Gasteiger partial charge in [-0.2, -0.15) is 15.3 Å². The second kappa shape index (κ2) is 5.27. The molecular weight excluding hydrogens is 326 g/mol. The van der Waals surface area contributed by atoms with Crippen LogP contribution >= 0.6 is 0 Å². The molecule has 132 valence electrons. The summed E-state index contributed by atoms with van der Waals surface area (Å²) in [4.78, 5) is 4.53. The third-order valence-electron chi connectivity index (χ3n) is 5.42. The highest BCUT2D eigenvalue weighted by molar-refractivity contribution is 5.58. The van der Waals surface area contributed by atoms with E-state index in [2.05, 4.69) is 22.3 Å². The molecule has 26 heavy (non-hydrogen) atoms. The molecule has 2 unspecified atom stereocenters. The second-order valence-corrected chi connectivity index (χ2v) is 7.25. The zero-order chi connectivity index (χ0) is 18.0. The molecule has 5 rings (SSSR count). The maximum atomic E-state index is 4.78. The third kappa shape index (κ3) is 2.27. The third-order valence-corrected chi connectivity index (χ3v) is 5.42. The van der Waals surface area contributed by atoms with Crippen LogP contribution in [0.2, 0.25) is 0 Å². The zero-order valence-electron chi connectivity index (χ0n) is 15.4. The van der Waals surface area contributed by atoms with Crippen molar-refractivity contribution < 1.29 is 0 Å². The van der Waals surface area contributed by atoms with Gasteiger partial charge in [0.15, 0.2) is 5.65 Å². The standard InChI is InChI=1S/C19H21N7/c1-11-12(2)26-19(21-11)6-5-16(23-26)18-8-17(22-25(18)4)15-7-14(15)13-9-20-24(3)10-13/h5-6,8-10,14-15H,7H2,1-4H3. The predicted octanol–water partition coefficient (Wildman–Crippen LogP) is 2.75. The molecule has 4 aromatic rings. The van der Waals surface area contributed by atoms with Crippen LogP contribution < -0.4 is 0 Å². The fraction of sp³-hybridized carbons (Fsp3) is 0.368. The van der Waals surface area contributed by atoms with E-state index in [-0.39, 0.29) is 0 Å². The number of aromatic nitrogens is 7. The molecule has 4 heterocycles. The van der Waals surface area contributed by atoms with Gasteiger partial charge in [0.2, 0.25) is 0 Å². The summed E-state index contributed by atoms with van der Waals surface area (Å²) in [6.45, 7) is 4.06. The van der Waals surface area contributed by atoms with Gasteiger partial charge in [-0.15, -0.1) is 0 Å². The van der Waals surface area contributed by atoms with Crippen molar-refractivity contribution >= 4 is 5.65 Å². The minimum Gasteiger partial charge on any atom is -0.276 e. The Morgan fingerprint density at radius 2 is 1.92 bits per heavy atom. The van der Waals surface area contributed by atoms with Crippen LogP contribution in [-0.4, -0.2) is 34.2 Å². The molecule has 0 radical (unpaired) electrons. The van der Waals surface area contributed by atoms with Gasteiger partial charge in [0, 0.05) is 26.2 Å². The van der Waals surface area contributed by atoms with E-state index in [1.807, 2.05) is 60.2 Å². The van der Waals surface area contributed by atoms with Crippen LogP contribution in [0.25, 0.3) is 17.0 Å². The largest absolute Gasteiger partial charge is 0.276 e. The van der Waals surface area contributed by atoms with Crippen molar-refractivity contribution in [1.29, 1.82) is 0 Å². The van der Waals surface area contributed by atoms with Gasteiger partial charge in [-0.3, -0.25) is 9.36 Å². The SMILES string of the molecule is Cc1nc2ccc(-c3cc(C4CC4c4cnn(C)c4)nn3C)nn2c1C. The molecule has 0 bridgehead atoms. The van der Waals surface area contributed by atoms with Gasteiger partial charge in [0.25, 0.3) is 0 Å². The van der Waals surface area contributed by atoms with Gasteiger partial charge >= 0.3 is 0 Å². The van der Waals surface area contributed by atoms with E-state index in [4.69, 9.17) is 10.2 Å². The highest BCUT2D eigenvalue weighted by Gasteiger charge is 2.42. The van der Waals surface area contributed by atoms with E-state index in [1.165, 1.54) is 5.56 Å². The fourth-order valence-corrected chi connectivity index (χ4v) is 3.72. The second-order valence-electron chi connectivity index (χ2n) is 7.25. The van der Waals surface area contributed by atoms with Crippen LogP contribution in [0.5, 0.6) is 0 Å². The number of rotatable bonds is 3. The fourth-order valence-electron chi connectivity index (χ4n) is 3.72. The average molecular weight is 347 g/mol. The molecule has 7 heteroatoms. The van der Waals surface area contributed by atoms with Crippen molar-refractivity contribution in [3.05, 3.63) is 53.2 Å². The van der Waals surface area contributed by atoms with Crippen molar-refractivity contribution in [2.75, 3.05) is 0 Å². The molecule has 7 nitrogen and oxygen atoms in total. The van der Waals surface area contributed by atoms with E-state index in [1.54, 1.807) is 0 Å². The van der Waals surface area contributed by atoms with E-state index in [0.717, 1.165) is 40.5 Å². The van der Waals surface area contributed by atoms with Crippen LogP contribution in [0.15, 0.2) is 30.6 Å². The summed E-state index contributed by atoms with van der Waals surface area (Å²) >= 11 is 0. The van der Waals surface area contributed by atoms with Crippen LogP contribution in [0, 0.1) is 13.8 Å². The van der Waals surface area contributed by atoms with Crippen LogP contribution in [0.3, 0.4) is 0 Å². The van der Waals surface area contributed by atoms with E-state index in [0.29, 0.717) is 11.8 Å². The first kappa shape index (κ1) is 15.3. The smallest absolute Gasteiger partial charge is 0.154 e. The number of aryl methyl sites for hydroxylation is 4. The monoisotopic (exact) mass is 347 g/mol. The number of imidazole rings is 1. The van der Waals surface area contributed by atoms with E-state index in [9.17, 15) is 0 Å². The first-order valence-corrected chi connectivity index (χ1v) is 8.87. The minimum atomic E-state index is 0.472. The summed E-state index contributed by atoms with van der Waals surface area (Å²) in [7, 11) is 3.94. The van der Waals surface area contributed by atoms with Gasteiger partial charge in [-0.25, -0.2) is 9.50 Å². The lowest BCUT2D eigenvalue weighted by Crippen LogP contribution is -2.00. The Bertz CT molecular complexity index is 1130.